The molecule has 0 aliphatic carbocycles. The number of carboxylic acid groups (broad SMARTS) is 1. The Morgan fingerprint density at radius 3 is 2.76 bits per heavy atom. The van der Waals surface area contributed by atoms with E-state index >= 15 is 0 Å². The van der Waals surface area contributed by atoms with Crippen molar-refractivity contribution in [2.75, 3.05) is 13.2 Å². The van der Waals surface area contributed by atoms with E-state index in [0.717, 1.165) is 5.76 Å². The zero-order chi connectivity index (χ0) is 15.7. The van der Waals surface area contributed by atoms with Gasteiger partial charge in [0.25, 0.3) is 0 Å². The Balaban J connectivity index is 2.06. The Morgan fingerprint density at radius 2 is 2.14 bits per heavy atom. The van der Waals surface area contributed by atoms with Crippen LogP contribution >= 0.6 is 0 Å². The van der Waals surface area contributed by atoms with Gasteiger partial charge in [-0.3, -0.25) is 9.59 Å². The number of nitrogens with one attached hydrogen (secondary N) is 1. The van der Waals surface area contributed by atoms with E-state index in [-0.39, 0.29) is 18.7 Å². The van der Waals surface area contributed by atoms with Crippen LogP contribution < -0.4 is 5.32 Å². The second-order valence-corrected chi connectivity index (χ2v) is 5.75. The van der Waals surface area contributed by atoms with Crippen molar-refractivity contribution in [2.45, 2.75) is 39.7 Å². The van der Waals surface area contributed by atoms with Gasteiger partial charge >= 0.3 is 5.97 Å². The van der Waals surface area contributed by atoms with Crippen LogP contribution in [0.25, 0.3) is 0 Å². The Labute approximate surface area is 124 Å². The summed E-state index contributed by atoms with van der Waals surface area (Å²) >= 11 is 0. The van der Waals surface area contributed by atoms with Gasteiger partial charge in [0.15, 0.2) is 0 Å². The topological polar surface area (TPSA) is 88.8 Å². The van der Waals surface area contributed by atoms with Gasteiger partial charge in [0.05, 0.1) is 12.7 Å². The molecule has 0 fully saturated rings. The van der Waals surface area contributed by atoms with Crippen molar-refractivity contribution in [2.24, 2.45) is 5.41 Å². The maximum Gasteiger partial charge on any atom is 0.303 e. The van der Waals surface area contributed by atoms with Gasteiger partial charge in [-0.15, -0.1) is 0 Å². The first-order valence-electron chi connectivity index (χ1n) is 6.98. The lowest BCUT2D eigenvalue weighted by atomic mass is 9.85. The van der Waals surface area contributed by atoms with Crippen LogP contribution in [0.5, 0.6) is 0 Å². The predicted octanol–water partition coefficient (Wildman–Crippen LogP) is 2.19. The summed E-state index contributed by atoms with van der Waals surface area (Å²) in [6.07, 6.45) is 2.48. The molecule has 6 nitrogen and oxygen atoms in total. The molecule has 0 saturated carbocycles. The van der Waals surface area contributed by atoms with E-state index in [9.17, 15) is 9.59 Å². The Morgan fingerprint density at radius 1 is 1.38 bits per heavy atom. The zero-order valence-corrected chi connectivity index (χ0v) is 12.6. The van der Waals surface area contributed by atoms with Crippen LogP contribution in [0, 0.1) is 5.41 Å². The summed E-state index contributed by atoms with van der Waals surface area (Å²) in [5.41, 5.74) is -0.536. The first-order valence-corrected chi connectivity index (χ1v) is 6.98. The third-order valence-electron chi connectivity index (χ3n) is 2.88. The summed E-state index contributed by atoms with van der Waals surface area (Å²) in [4.78, 5) is 22.4. The Bertz CT molecular complexity index is 439. The van der Waals surface area contributed by atoms with Crippen molar-refractivity contribution >= 4 is 11.9 Å². The maximum absolute atomic E-state index is 11.7. The van der Waals surface area contributed by atoms with Gasteiger partial charge in [-0.25, -0.2) is 0 Å². The van der Waals surface area contributed by atoms with Crippen LogP contribution in [0.3, 0.4) is 0 Å². The largest absolute Gasteiger partial charge is 0.481 e. The number of furan rings is 1. The van der Waals surface area contributed by atoms with E-state index in [1.807, 2.05) is 6.07 Å². The summed E-state index contributed by atoms with van der Waals surface area (Å²) in [7, 11) is 0. The van der Waals surface area contributed by atoms with Crippen LogP contribution in [-0.2, 0) is 20.9 Å². The maximum atomic E-state index is 11.7. The fraction of sp³-hybridized carbons (Fsp3) is 0.600. The van der Waals surface area contributed by atoms with E-state index in [4.69, 9.17) is 14.3 Å². The van der Waals surface area contributed by atoms with Crippen LogP contribution in [-0.4, -0.2) is 30.1 Å². The van der Waals surface area contributed by atoms with Crippen molar-refractivity contribution in [1.29, 1.82) is 0 Å². The van der Waals surface area contributed by atoms with E-state index in [1.165, 1.54) is 0 Å². The van der Waals surface area contributed by atoms with E-state index < -0.39 is 11.4 Å². The summed E-state index contributed by atoms with van der Waals surface area (Å²) in [5.74, 6) is -0.249. The molecule has 0 aliphatic heterocycles. The molecule has 2 N–H and O–H groups in total. The highest BCUT2D eigenvalue weighted by molar-refractivity contribution is 5.77. The van der Waals surface area contributed by atoms with E-state index in [1.54, 1.807) is 26.2 Å². The molecule has 0 aliphatic rings. The number of carbonyl (C=O) groups is 2. The highest BCUT2D eigenvalue weighted by atomic mass is 16.5. The molecule has 0 radical (unpaired) electrons. The normalized spacial score (nSPS) is 11.3. The number of rotatable bonds is 10. The molecule has 0 bridgehead atoms. The van der Waals surface area contributed by atoms with E-state index in [2.05, 4.69) is 5.32 Å². The number of carboxylic acids is 1. The second-order valence-electron chi connectivity index (χ2n) is 5.75. The molecule has 0 saturated heterocycles. The molecule has 118 valence electrons. The number of ether oxygens (including phenoxy) is 1. The third-order valence-corrected chi connectivity index (χ3v) is 2.88. The van der Waals surface area contributed by atoms with Gasteiger partial charge in [0.2, 0.25) is 5.91 Å². The lowest BCUT2D eigenvalue weighted by molar-refractivity contribution is -0.139. The second kappa shape index (κ2) is 8.46. The van der Waals surface area contributed by atoms with Crippen molar-refractivity contribution in [3.05, 3.63) is 24.2 Å². The summed E-state index contributed by atoms with van der Waals surface area (Å²) in [5, 5.41) is 11.5. The van der Waals surface area contributed by atoms with Crippen molar-refractivity contribution in [3.8, 4) is 0 Å². The van der Waals surface area contributed by atoms with Crippen molar-refractivity contribution in [3.63, 3.8) is 0 Å². The van der Waals surface area contributed by atoms with E-state index in [0.29, 0.717) is 26.2 Å². The standard InChI is InChI=1S/C15H23NO5/c1-15(2,10-14(18)19)9-13(17)16-6-4-7-20-11-12-5-3-8-21-12/h3,5,8H,4,6-7,9-11H2,1-2H3,(H,16,17)(H,18,19). The molecular formula is C15H23NO5. The fourth-order valence-corrected chi connectivity index (χ4v) is 1.94. The SMILES string of the molecule is CC(C)(CC(=O)O)CC(=O)NCCCOCc1ccco1. The number of carbonyl (C=O) groups excluding carboxylic acids is 1. The molecule has 1 heterocycles. The molecule has 1 rings (SSSR count). The van der Waals surface area contributed by atoms with Gasteiger partial charge in [-0.05, 0) is 24.0 Å². The molecular weight excluding hydrogens is 274 g/mol. The lowest BCUT2D eigenvalue weighted by Gasteiger charge is -2.21. The lowest BCUT2D eigenvalue weighted by Crippen LogP contribution is -2.31. The minimum atomic E-state index is -0.890. The van der Waals surface area contributed by atoms with Gasteiger partial charge in [0, 0.05) is 19.6 Å². The summed E-state index contributed by atoms with van der Waals surface area (Å²) in [6, 6.07) is 3.64. The molecule has 1 amide bonds. The number of aliphatic carboxylic acids is 1. The van der Waals surface area contributed by atoms with Crippen LogP contribution in [0.15, 0.2) is 22.8 Å². The van der Waals surface area contributed by atoms with Gasteiger partial charge in [0.1, 0.15) is 12.4 Å². The first kappa shape index (κ1) is 17.2. The molecule has 0 atom stereocenters. The molecule has 0 aromatic carbocycles. The molecule has 21 heavy (non-hydrogen) atoms. The van der Waals surface area contributed by atoms with Crippen LogP contribution in [0.4, 0.5) is 0 Å². The number of hydrogen-bond acceptors (Lipinski definition) is 4. The van der Waals surface area contributed by atoms with Crippen LogP contribution in [0.2, 0.25) is 0 Å². The molecule has 6 heteroatoms. The summed E-state index contributed by atoms with van der Waals surface area (Å²) in [6.45, 7) is 5.01. The Kier molecular flexibility index (Phi) is 6.94. The monoisotopic (exact) mass is 297 g/mol. The van der Waals surface area contributed by atoms with Crippen molar-refractivity contribution in [1.82, 2.24) is 5.32 Å². The van der Waals surface area contributed by atoms with Crippen molar-refractivity contribution < 1.29 is 23.8 Å². The first-order chi connectivity index (χ1) is 9.89. The van der Waals surface area contributed by atoms with Gasteiger partial charge in [-0.2, -0.15) is 0 Å². The summed E-state index contributed by atoms with van der Waals surface area (Å²) < 4.78 is 10.5. The fourth-order valence-electron chi connectivity index (χ4n) is 1.94. The smallest absolute Gasteiger partial charge is 0.303 e. The number of amides is 1. The average molecular weight is 297 g/mol. The highest BCUT2D eigenvalue weighted by Gasteiger charge is 2.24. The highest BCUT2D eigenvalue weighted by Crippen LogP contribution is 2.24. The van der Waals surface area contributed by atoms with Crippen LogP contribution in [0.1, 0.15) is 38.9 Å². The Hall–Kier alpha value is -1.82. The minimum Gasteiger partial charge on any atom is -0.481 e. The third kappa shape index (κ3) is 8.14. The molecule has 0 unspecified atom stereocenters. The number of hydrogen-bond donors (Lipinski definition) is 2. The zero-order valence-electron chi connectivity index (χ0n) is 12.6. The average Bonchev–Trinajstić information content (AvgIpc) is 2.84. The molecule has 1 aromatic heterocycles. The minimum absolute atomic E-state index is 0.0212. The molecule has 1 aromatic rings. The van der Waals surface area contributed by atoms with Gasteiger partial charge in [-0.1, -0.05) is 13.8 Å². The van der Waals surface area contributed by atoms with Gasteiger partial charge < -0.3 is 19.6 Å². The quantitative estimate of drug-likeness (QED) is 0.646. The predicted molar refractivity (Wildman–Crippen MR) is 76.6 cm³/mol. The molecule has 0 spiro atoms.